The summed E-state index contributed by atoms with van der Waals surface area (Å²) < 4.78 is 0. The maximum absolute atomic E-state index is 11.0. The van der Waals surface area contributed by atoms with Gasteiger partial charge in [0.2, 0.25) is 0 Å². The highest BCUT2D eigenvalue weighted by molar-refractivity contribution is 5.35. The Hall–Kier alpha value is -2.46. The second-order valence-corrected chi connectivity index (χ2v) is 9.48. The van der Waals surface area contributed by atoms with Crippen molar-refractivity contribution < 1.29 is 5.11 Å². The van der Waals surface area contributed by atoms with Crippen molar-refractivity contribution in [1.29, 1.82) is 0 Å². The fourth-order valence-electron chi connectivity index (χ4n) is 5.84. The van der Waals surface area contributed by atoms with Crippen molar-refractivity contribution in [3.63, 3.8) is 0 Å². The average Bonchev–Trinajstić information content (AvgIpc) is 2.84. The first-order valence-electron chi connectivity index (χ1n) is 12.1. The first-order valence-corrected chi connectivity index (χ1v) is 12.1. The molecule has 2 fully saturated rings. The molecule has 32 heavy (non-hydrogen) atoms. The molecule has 5 rings (SSSR count). The number of aliphatic hydroxyl groups excluding tert-OH is 1. The van der Waals surface area contributed by atoms with E-state index in [1.54, 1.807) is 0 Å². The molecule has 3 heteroatoms. The molecule has 2 N–H and O–H groups in total. The van der Waals surface area contributed by atoms with Gasteiger partial charge in [-0.05, 0) is 42.4 Å². The lowest BCUT2D eigenvalue weighted by Gasteiger charge is -2.51. The van der Waals surface area contributed by atoms with E-state index in [0.717, 1.165) is 25.9 Å². The summed E-state index contributed by atoms with van der Waals surface area (Å²) in [7, 11) is 0. The minimum atomic E-state index is -0.324. The van der Waals surface area contributed by atoms with Crippen LogP contribution in [0.5, 0.6) is 0 Å². The van der Waals surface area contributed by atoms with Crippen molar-refractivity contribution in [1.82, 2.24) is 10.2 Å². The van der Waals surface area contributed by atoms with Gasteiger partial charge in [-0.1, -0.05) is 91.0 Å². The van der Waals surface area contributed by atoms with Crippen LogP contribution in [0.25, 0.3) is 0 Å². The van der Waals surface area contributed by atoms with Gasteiger partial charge in [-0.25, -0.2) is 0 Å². The summed E-state index contributed by atoms with van der Waals surface area (Å²) in [6, 6.07) is 33.7. The van der Waals surface area contributed by atoms with Gasteiger partial charge < -0.3 is 10.4 Å². The van der Waals surface area contributed by atoms with E-state index < -0.39 is 0 Å². The quantitative estimate of drug-likeness (QED) is 0.579. The standard InChI is InChI=1S/C29H34N2O/c32-27(18-22-10-4-1-5-11-22)19-26-20-30-25-16-17-28(31(26)21-25)29(23-12-6-2-7-13-23)24-14-8-3-9-15-24/h1-15,25-30,32H,16-21H2/t25-,26?,27?,28-/m0/s1. The Morgan fingerprint density at radius 3 is 2.03 bits per heavy atom. The lowest BCUT2D eigenvalue weighted by Crippen LogP contribution is -2.64. The topological polar surface area (TPSA) is 35.5 Å². The van der Waals surface area contributed by atoms with Crippen molar-refractivity contribution in [2.75, 3.05) is 13.1 Å². The zero-order valence-corrected chi connectivity index (χ0v) is 18.7. The number of piperazine rings is 1. The highest BCUT2D eigenvalue weighted by Crippen LogP contribution is 2.38. The number of hydrogen-bond donors (Lipinski definition) is 2. The van der Waals surface area contributed by atoms with Gasteiger partial charge in [0.15, 0.2) is 0 Å². The van der Waals surface area contributed by atoms with Gasteiger partial charge in [-0.3, -0.25) is 4.90 Å². The van der Waals surface area contributed by atoms with E-state index in [1.807, 2.05) is 6.07 Å². The lowest BCUT2D eigenvalue weighted by atomic mass is 9.78. The number of piperidine rings is 1. The number of nitrogens with zero attached hydrogens (tertiary/aromatic N) is 1. The van der Waals surface area contributed by atoms with Crippen LogP contribution in [-0.2, 0) is 6.42 Å². The number of nitrogens with one attached hydrogen (secondary N) is 1. The fraction of sp³-hybridized carbons (Fsp3) is 0.379. The average molecular weight is 427 g/mol. The van der Waals surface area contributed by atoms with Crippen molar-refractivity contribution in [3.8, 4) is 0 Å². The summed E-state index contributed by atoms with van der Waals surface area (Å²) in [6.45, 7) is 2.03. The van der Waals surface area contributed by atoms with E-state index in [0.29, 0.717) is 24.0 Å². The Morgan fingerprint density at radius 2 is 1.41 bits per heavy atom. The first kappa shape index (κ1) is 21.4. The Morgan fingerprint density at radius 1 is 0.812 bits per heavy atom. The van der Waals surface area contributed by atoms with Crippen LogP contribution in [0, 0.1) is 0 Å². The lowest BCUT2D eigenvalue weighted by molar-refractivity contribution is 0.00752. The van der Waals surface area contributed by atoms with Crippen LogP contribution in [0.15, 0.2) is 91.0 Å². The summed E-state index contributed by atoms with van der Waals surface area (Å²) in [5.74, 6) is 0.352. The molecule has 3 aromatic rings. The molecule has 3 nitrogen and oxygen atoms in total. The predicted octanol–water partition coefficient (Wildman–Crippen LogP) is 4.62. The third kappa shape index (κ3) is 4.80. The molecular formula is C29H34N2O. The molecule has 3 unspecified atom stereocenters. The highest BCUT2D eigenvalue weighted by Gasteiger charge is 2.41. The van der Waals surface area contributed by atoms with Gasteiger partial charge >= 0.3 is 0 Å². The van der Waals surface area contributed by atoms with Crippen molar-refractivity contribution in [2.45, 2.75) is 55.8 Å². The van der Waals surface area contributed by atoms with Gasteiger partial charge in [0.1, 0.15) is 0 Å². The summed E-state index contributed by atoms with van der Waals surface area (Å²) >= 11 is 0. The third-order valence-electron chi connectivity index (χ3n) is 7.34. The number of fused-ring (bicyclic) bond motifs is 2. The SMILES string of the molecule is OC(Cc1ccccc1)CC1CN[C@H]2CC[C@@H](C(c3ccccc3)c3ccccc3)N1C2. The van der Waals surface area contributed by atoms with Crippen LogP contribution in [0.2, 0.25) is 0 Å². The first-order chi connectivity index (χ1) is 15.8. The minimum Gasteiger partial charge on any atom is -0.393 e. The number of hydrogen-bond acceptors (Lipinski definition) is 3. The summed E-state index contributed by atoms with van der Waals surface area (Å²) in [5.41, 5.74) is 4.00. The molecule has 2 heterocycles. The fourth-order valence-corrected chi connectivity index (χ4v) is 5.84. The van der Waals surface area contributed by atoms with Gasteiger partial charge in [0, 0.05) is 37.1 Å². The number of benzene rings is 3. The third-order valence-corrected chi connectivity index (χ3v) is 7.34. The monoisotopic (exact) mass is 426 g/mol. The van der Waals surface area contributed by atoms with E-state index in [2.05, 4.69) is 95.1 Å². The van der Waals surface area contributed by atoms with Gasteiger partial charge in [0.05, 0.1) is 6.10 Å². The maximum atomic E-state index is 11.0. The smallest absolute Gasteiger partial charge is 0.0595 e. The Labute approximate surface area is 192 Å². The molecule has 5 atom stereocenters. The maximum Gasteiger partial charge on any atom is 0.0595 e. The second-order valence-electron chi connectivity index (χ2n) is 9.48. The molecule has 2 bridgehead atoms. The van der Waals surface area contributed by atoms with E-state index in [1.165, 1.54) is 29.5 Å². The van der Waals surface area contributed by atoms with E-state index in [9.17, 15) is 5.11 Å². The summed E-state index contributed by atoms with van der Waals surface area (Å²) in [6.07, 6.45) is 3.60. The molecule has 166 valence electrons. The van der Waals surface area contributed by atoms with Crippen LogP contribution in [-0.4, -0.2) is 47.3 Å². The Balaban J connectivity index is 1.39. The van der Waals surface area contributed by atoms with Crippen LogP contribution in [0.4, 0.5) is 0 Å². The zero-order valence-electron chi connectivity index (χ0n) is 18.7. The largest absolute Gasteiger partial charge is 0.393 e. The number of rotatable bonds is 7. The Bertz CT molecular complexity index is 923. The molecule has 2 saturated heterocycles. The molecule has 2 aliphatic heterocycles. The molecule has 3 aromatic carbocycles. The molecule has 2 aliphatic rings. The molecule has 0 aliphatic carbocycles. The molecule has 0 spiro atoms. The summed E-state index contributed by atoms with van der Waals surface area (Å²) in [4.78, 5) is 2.73. The van der Waals surface area contributed by atoms with E-state index in [4.69, 9.17) is 0 Å². The summed E-state index contributed by atoms with van der Waals surface area (Å²) in [5, 5.41) is 14.7. The van der Waals surface area contributed by atoms with Crippen molar-refractivity contribution in [3.05, 3.63) is 108 Å². The molecular weight excluding hydrogens is 392 g/mol. The van der Waals surface area contributed by atoms with Crippen molar-refractivity contribution >= 4 is 0 Å². The number of aliphatic hydroxyl groups is 1. The van der Waals surface area contributed by atoms with Crippen LogP contribution in [0.3, 0.4) is 0 Å². The molecule has 0 aromatic heterocycles. The predicted molar refractivity (Wildman–Crippen MR) is 131 cm³/mol. The molecule has 0 amide bonds. The van der Waals surface area contributed by atoms with Crippen LogP contribution < -0.4 is 5.32 Å². The van der Waals surface area contributed by atoms with E-state index in [-0.39, 0.29) is 6.10 Å². The zero-order chi connectivity index (χ0) is 21.8. The molecule has 0 radical (unpaired) electrons. The highest BCUT2D eigenvalue weighted by atomic mass is 16.3. The normalized spacial score (nSPS) is 26.1. The van der Waals surface area contributed by atoms with Gasteiger partial charge in [-0.2, -0.15) is 0 Å². The van der Waals surface area contributed by atoms with Gasteiger partial charge in [0.25, 0.3) is 0 Å². The molecule has 0 saturated carbocycles. The van der Waals surface area contributed by atoms with Crippen LogP contribution >= 0.6 is 0 Å². The van der Waals surface area contributed by atoms with Crippen LogP contribution in [0.1, 0.15) is 41.9 Å². The van der Waals surface area contributed by atoms with Crippen molar-refractivity contribution in [2.24, 2.45) is 0 Å². The van der Waals surface area contributed by atoms with E-state index >= 15 is 0 Å². The minimum absolute atomic E-state index is 0.324. The van der Waals surface area contributed by atoms with Gasteiger partial charge in [-0.15, -0.1) is 0 Å². The second kappa shape index (κ2) is 9.99. The Kier molecular flexibility index (Phi) is 6.68.